The Hall–Kier alpha value is -1.38. The molecule has 2 aliphatic rings. The van der Waals surface area contributed by atoms with Gasteiger partial charge in [-0.15, -0.1) is 11.3 Å². The first-order valence-corrected chi connectivity index (χ1v) is 7.58. The molecule has 0 unspecified atom stereocenters. The molecule has 4 nitrogen and oxygen atoms in total. The Morgan fingerprint density at radius 2 is 2.21 bits per heavy atom. The number of nitriles is 1. The lowest BCUT2D eigenvalue weighted by atomic mass is 9.96. The summed E-state index contributed by atoms with van der Waals surface area (Å²) in [5.41, 5.74) is 1.83. The van der Waals surface area contributed by atoms with Crippen molar-refractivity contribution in [3.05, 3.63) is 16.0 Å². The van der Waals surface area contributed by atoms with Crippen LogP contribution in [-0.2, 0) is 22.4 Å². The highest BCUT2D eigenvalue weighted by atomic mass is 32.1. The third-order valence-corrected chi connectivity index (χ3v) is 4.95. The number of rotatable bonds is 2. The number of amides is 1. The van der Waals surface area contributed by atoms with Gasteiger partial charge in [0, 0.05) is 11.5 Å². The Morgan fingerprint density at radius 1 is 1.37 bits per heavy atom. The first-order chi connectivity index (χ1) is 9.29. The molecule has 1 N–H and O–H groups in total. The van der Waals surface area contributed by atoms with Crippen molar-refractivity contribution in [2.24, 2.45) is 0 Å². The average molecular weight is 276 g/mol. The van der Waals surface area contributed by atoms with Crippen molar-refractivity contribution in [3.8, 4) is 6.07 Å². The lowest BCUT2D eigenvalue weighted by molar-refractivity contribution is -0.124. The Balaban J connectivity index is 1.82. The van der Waals surface area contributed by atoms with E-state index in [1.807, 2.05) is 0 Å². The largest absolute Gasteiger partial charge is 0.368 e. The topological polar surface area (TPSA) is 62.1 Å². The van der Waals surface area contributed by atoms with Crippen LogP contribution in [0.15, 0.2) is 0 Å². The molecule has 0 saturated carbocycles. The van der Waals surface area contributed by atoms with E-state index in [4.69, 9.17) is 4.74 Å². The second-order valence-electron chi connectivity index (χ2n) is 5.02. The highest BCUT2D eigenvalue weighted by Crippen LogP contribution is 2.37. The number of aryl methyl sites for hydroxylation is 1. The molecule has 2 heterocycles. The highest BCUT2D eigenvalue weighted by molar-refractivity contribution is 7.16. The number of hydrogen-bond acceptors (Lipinski definition) is 4. The molecular weight excluding hydrogens is 260 g/mol. The summed E-state index contributed by atoms with van der Waals surface area (Å²) in [6, 6.07) is 2.25. The lowest BCUT2D eigenvalue weighted by Gasteiger charge is -2.10. The fraction of sp³-hybridized carbons (Fsp3) is 0.571. The van der Waals surface area contributed by atoms with Crippen molar-refractivity contribution < 1.29 is 9.53 Å². The van der Waals surface area contributed by atoms with Gasteiger partial charge in [0.25, 0.3) is 5.91 Å². The summed E-state index contributed by atoms with van der Waals surface area (Å²) in [6.07, 6.45) is 5.68. The van der Waals surface area contributed by atoms with E-state index in [1.165, 1.54) is 11.3 Å². The monoisotopic (exact) mass is 276 g/mol. The predicted octanol–water partition coefficient (Wildman–Crippen LogP) is 2.62. The minimum Gasteiger partial charge on any atom is -0.368 e. The van der Waals surface area contributed by atoms with Crippen molar-refractivity contribution in [1.29, 1.82) is 5.26 Å². The lowest BCUT2D eigenvalue weighted by Crippen LogP contribution is -2.26. The Kier molecular flexibility index (Phi) is 3.54. The standard InChI is InChI=1S/C14H16N2O2S/c15-8-10-9-4-1-2-6-12(9)19-14(10)16-13(17)11-5-3-7-18-11/h11H,1-7H2,(H,16,17)/t11-/m1/s1. The van der Waals surface area contributed by atoms with E-state index >= 15 is 0 Å². The third-order valence-electron chi connectivity index (χ3n) is 3.74. The van der Waals surface area contributed by atoms with Crippen LogP contribution in [-0.4, -0.2) is 18.6 Å². The average Bonchev–Trinajstić information content (AvgIpc) is 3.05. The van der Waals surface area contributed by atoms with Gasteiger partial charge in [0.05, 0.1) is 5.56 Å². The van der Waals surface area contributed by atoms with Gasteiger partial charge in [-0.3, -0.25) is 4.79 Å². The molecule has 1 atom stereocenters. The van der Waals surface area contributed by atoms with Crippen LogP contribution in [0.2, 0.25) is 0 Å². The van der Waals surface area contributed by atoms with Gasteiger partial charge in [0.2, 0.25) is 0 Å². The minimum absolute atomic E-state index is 0.104. The summed E-state index contributed by atoms with van der Waals surface area (Å²) in [6.45, 7) is 0.657. The van der Waals surface area contributed by atoms with E-state index in [2.05, 4.69) is 11.4 Å². The Labute approximate surface area is 116 Å². The number of fused-ring (bicyclic) bond motifs is 1. The van der Waals surface area contributed by atoms with E-state index in [0.717, 1.165) is 42.7 Å². The van der Waals surface area contributed by atoms with Gasteiger partial charge in [0.1, 0.15) is 17.2 Å². The van der Waals surface area contributed by atoms with Crippen molar-refractivity contribution in [1.82, 2.24) is 0 Å². The zero-order chi connectivity index (χ0) is 13.2. The van der Waals surface area contributed by atoms with Gasteiger partial charge in [-0.05, 0) is 44.1 Å². The number of carbonyl (C=O) groups is 1. The van der Waals surface area contributed by atoms with Gasteiger partial charge < -0.3 is 10.1 Å². The summed E-state index contributed by atoms with van der Waals surface area (Å²) in [5, 5.41) is 12.9. The molecule has 1 aromatic heterocycles. The van der Waals surface area contributed by atoms with Crippen LogP contribution in [0.3, 0.4) is 0 Å². The number of thiophene rings is 1. The van der Waals surface area contributed by atoms with Crippen LogP contribution in [0.5, 0.6) is 0 Å². The van der Waals surface area contributed by atoms with Crippen molar-refractivity contribution in [2.45, 2.75) is 44.6 Å². The molecule has 1 fully saturated rings. The predicted molar refractivity (Wildman–Crippen MR) is 73.3 cm³/mol. The highest BCUT2D eigenvalue weighted by Gasteiger charge is 2.27. The van der Waals surface area contributed by atoms with Crippen molar-refractivity contribution >= 4 is 22.2 Å². The van der Waals surface area contributed by atoms with Gasteiger partial charge in [-0.25, -0.2) is 0 Å². The molecule has 5 heteroatoms. The molecule has 3 rings (SSSR count). The smallest absolute Gasteiger partial charge is 0.254 e. The molecule has 1 saturated heterocycles. The molecule has 0 aromatic carbocycles. The molecule has 1 aliphatic heterocycles. The maximum atomic E-state index is 12.1. The molecule has 1 amide bonds. The second-order valence-corrected chi connectivity index (χ2v) is 6.12. The quantitative estimate of drug-likeness (QED) is 0.903. The van der Waals surface area contributed by atoms with Crippen molar-refractivity contribution in [2.75, 3.05) is 11.9 Å². The van der Waals surface area contributed by atoms with Gasteiger partial charge in [-0.2, -0.15) is 5.26 Å². The summed E-state index contributed by atoms with van der Waals surface area (Å²) >= 11 is 1.56. The summed E-state index contributed by atoms with van der Waals surface area (Å²) in [4.78, 5) is 13.3. The first kappa shape index (κ1) is 12.6. The molecule has 100 valence electrons. The van der Waals surface area contributed by atoms with Gasteiger partial charge in [-0.1, -0.05) is 0 Å². The molecule has 1 aliphatic carbocycles. The zero-order valence-corrected chi connectivity index (χ0v) is 11.5. The minimum atomic E-state index is -0.342. The normalized spacial score (nSPS) is 21.7. The summed E-state index contributed by atoms with van der Waals surface area (Å²) in [5.74, 6) is -0.104. The first-order valence-electron chi connectivity index (χ1n) is 6.76. The second kappa shape index (κ2) is 5.32. The molecule has 19 heavy (non-hydrogen) atoms. The number of ether oxygens (including phenoxy) is 1. The number of anilines is 1. The van der Waals surface area contributed by atoms with Crippen LogP contribution >= 0.6 is 11.3 Å². The summed E-state index contributed by atoms with van der Waals surface area (Å²) in [7, 11) is 0. The van der Waals surface area contributed by atoms with Crippen LogP contribution in [0.1, 0.15) is 41.7 Å². The van der Waals surface area contributed by atoms with Gasteiger partial charge in [0.15, 0.2) is 0 Å². The number of hydrogen-bond donors (Lipinski definition) is 1. The maximum Gasteiger partial charge on any atom is 0.254 e. The third kappa shape index (κ3) is 2.38. The Morgan fingerprint density at radius 3 is 2.95 bits per heavy atom. The van der Waals surface area contributed by atoms with Crippen LogP contribution < -0.4 is 5.32 Å². The van der Waals surface area contributed by atoms with Crippen LogP contribution in [0, 0.1) is 11.3 Å². The zero-order valence-electron chi connectivity index (χ0n) is 10.7. The fourth-order valence-corrected chi connectivity index (χ4v) is 3.99. The maximum absolute atomic E-state index is 12.1. The SMILES string of the molecule is N#Cc1c(NC(=O)[C@H]2CCCO2)sc2c1CCCC2. The van der Waals surface area contributed by atoms with E-state index in [0.29, 0.717) is 12.2 Å². The summed E-state index contributed by atoms with van der Waals surface area (Å²) < 4.78 is 5.37. The van der Waals surface area contributed by atoms with Crippen LogP contribution in [0.25, 0.3) is 0 Å². The molecule has 1 aromatic rings. The van der Waals surface area contributed by atoms with E-state index in [-0.39, 0.29) is 12.0 Å². The fourth-order valence-electron chi connectivity index (χ4n) is 2.75. The molecule has 0 spiro atoms. The molecular formula is C14H16N2O2S. The van der Waals surface area contributed by atoms with E-state index in [9.17, 15) is 10.1 Å². The van der Waals surface area contributed by atoms with Crippen LogP contribution in [0.4, 0.5) is 5.00 Å². The number of carbonyl (C=O) groups excluding carboxylic acids is 1. The Bertz CT molecular complexity index is 538. The number of nitrogens with one attached hydrogen (secondary N) is 1. The van der Waals surface area contributed by atoms with Gasteiger partial charge >= 0.3 is 0 Å². The molecule has 0 radical (unpaired) electrons. The van der Waals surface area contributed by atoms with E-state index < -0.39 is 0 Å². The van der Waals surface area contributed by atoms with Crippen molar-refractivity contribution in [3.63, 3.8) is 0 Å². The van der Waals surface area contributed by atoms with E-state index in [1.54, 1.807) is 11.3 Å². The molecule has 0 bridgehead atoms. The number of nitrogens with zero attached hydrogens (tertiary/aromatic N) is 1.